The minimum Gasteiger partial charge on any atom is -0.477 e. The van der Waals surface area contributed by atoms with Crippen LogP contribution in [0.25, 0.3) is 0 Å². The summed E-state index contributed by atoms with van der Waals surface area (Å²) in [5.74, 6) is -1.38. The Morgan fingerprint density at radius 1 is 1.38 bits per heavy atom. The maximum absolute atomic E-state index is 13.6. The molecule has 1 unspecified atom stereocenters. The van der Waals surface area contributed by atoms with Crippen molar-refractivity contribution in [3.8, 4) is 0 Å². The largest absolute Gasteiger partial charge is 0.477 e. The molecule has 0 saturated carbocycles. The third-order valence-corrected chi connectivity index (χ3v) is 4.45. The van der Waals surface area contributed by atoms with Crippen LogP contribution < -0.4 is 4.90 Å². The number of hydrogen-bond donors (Lipinski definition) is 2. The number of nitrogens with one attached hydrogen (secondary N) is 1. The Hall–Kier alpha value is -2.70. The van der Waals surface area contributed by atoms with Gasteiger partial charge in [0.15, 0.2) is 5.69 Å². The van der Waals surface area contributed by atoms with Gasteiger partial charge < -0.3 is 10.0 Å². The van der Waals surface area contributed by atoms with Crippen LogP contribution in [-0.2, 0) is 6.42 Å². The van der Waals surface area contributed by atoms with E-state index >= 15 is 0 Å². The van der Waals surface area contributed by atoms with Crippen molar-refractivity contribution < 1.29 is 19.1 Å². The van der Waals surface area contributed by atoms with E-state index < -0.39 is 11.9 Å². The third-order valence-electron chi connectivity index (χ3n) is 4.45. The molecule has 7 heteroatoms. The average Bonchev–Trinajstić information content (AvgIpc) is 3.02. The SMILES string of the molecule is CC(C)C1Cc2cc(F)ccc2N(C(=O)c2cc(C(=O)O)[nH]n2)C1. The number of anilines is 1. The summed E-state index contributed by atoms with van der Waals surface area (Å²) in [6.45, 7) is 4.62. The zero-order chi connectivity index (χ0) is 17.4. The van der Waals surface area contributed by atoms with Crippen molar-refractivity contribution in [2.45, 2.75) is 20.3 Å². The van der Waals surface area contributed by atoms with Crippen LogP contribution in [0.3, 0.4) is 0 Å². The second kappa shape index (κ2) is 6.07. The van der Waals surface area contributed by atoms with Gasteiger partial charge in [0.25, 0.3) is 5.91 Å². The third kappa shape index (κ3) is 2.89. The lowest BCUT2D eigenvalue weighted by Crippen LogP contribution is -2.41. The summed E-state index contributed by atoms with van der Waals surface area (Å²) in [5.41, 5.74) is 1.32. The molecule has 2 heterocycles. The number of rotatable bonds is 3. The summed E-state index contributed by atoms with van der Waals surface area (Å²) < 4.78 is 13.6. The van der Waals surface area contributed by atoms with Gasteiger partial charge in [0.05, 0.1) is 0 Å². The molecule has 0 saturated heterocycles. The number of carboxylic acids is 1. The minimum atomic E-state index is -1.18. The molecule has 2 N–H and O–H groups in total. The number of aromatic carboxylic acids is 1. The van der Waals surface area contributed by atoms with Gasteiger partial charge in [0.1, 0.15) is 11.5 Å². The number of hydrogen-bond acceptors (Lipinski definition) is 3. The first-order valence-corrected chi connectivity index (χ1v) is 7.75. The molecule has 6 nitrogen and oxygen atoms in total. The first kappa shape index (κ1) is 16.2. The van der Waals surface area contributed by atoms with Crippen molar-refractivity contribution >= 4 is 17.6 Å². The predicted molar refractivity (Wildman–Crippen MR) is 85.7 cm³/mol. The summed E-state index contributed by atoms with van der Waals surface area (Å²) in [5, 5.41) is 15.1. The summed E-state index contributed by atoms with van der Waals surface area (Å²) in [4.78, 5) is 25.3. The van der Waals surface area contributed by atoms with E-state index in [0.29, 0.717) is 24.6 Å². The van der Waals surface area contributed by atoms with E-state index in [-0.39, 0.29) is 23.1 Å². The minimum absolute atomic E-state index is 0.0343. The standard InChI is InChI=1S/C17H18FN3O3/c1-9(2)11-5-10-6-12(18)3-4-15(10)21(8-11)16(22)13-7-14(17(23)24)20-19-13/h3-4,6-7,9,11H,5,8H2,1-2H3,(H,19,20)(H,23,24). The van der Waals surface area contributed by atoms with E-state index in [9.17, 15) is 14.0 Å². The Balaban J connectivity index is 1.98. The lowest BCUT2D eigenvalue weighted by Gasteiger charge is -2.36. The van der Waals surface area contributed by atoms with Gasteiger partial charge >= 0.3 is 5.97 Å². The van der Waals surface area contributed by atoms with Gasteiger partial charge in [-0.25, -0.2) is 9.18 Å². The molecule has 1 amide bonds. The van der Waals surface area contributed by atoms with Crippen molar-refractivity contribution in [2.24, 2.45) is 11.8 Å². The average molecular weight is 331 g/mol. The maximum Gasteiger partial charge on any atom is 0.353 e. The molecule has 1 atom stereocenters. The Kier molecular flexibility index (Phi) is 4.09. The van der Waals surface area contributed by atoms with Crippen molar-refractivity contribution in [3.05, 3.63) is 47.0 Å². The number of benzene rings is 1. The molecule has 1 aromatic carbocycles. The number of aromatic amines is 1. The molecule has 0 bridgehead atoms. The maximum atomic E-state index is 13.6. The second-order valence-electron chi connectivity index (χ2n) is 6.37. The van der Waals surface area contributed by atoms with E-state index in [0.717, 1.165) is 5.56 Å². The quantitative estimate of drug-likeness (QED) is 0.905. The topological polar surface area (TPSA) is 86.3 Å². The smallest absolute Gasteiger partial charge is 0.353 e. The van der Waals surface area contributed by atoms with Crippen LogP contribution in [0.1, 0.15) is 40.4 Å². The van der Waals surface area contributed by atoms with Crippen LogP contribution in [0.5, 0.6) is 0 Å². The zero-order valence-corrected chi connectivity index (χ0v) is 13.4. The number of fused-ring (bicyclic) bond motifs is 1. The van der Waals surface area contributed by atoms with Gasteiger partial charge in [-0.15, -0.1) is 0 Å². The van der Waals surface area contributed by atoms with E-state index in [2.05, 4.69) is 24.0 Å². The van der Waals surface area contributed by atoms with E-state index in [1.54, 1.807) is 11.0 Å². The summed E-state index contributed by atoms with van der Waals surface area (Å²) in [7, 11) is 0. The highest BCUT2D eigenvalue weighted by atomic mass is 19.1. The highest BCUT2D eigenvalue weighted by Crippen LogP contribution is 2.34. The highest BCUT2D eigenvalue weighted by molar-refractivity contribution is 6.06. The molecule has 0 spiro atoms. The van der Waals surface area contributed by atoms with Crippen LogP contribution in [0.2, 0.25) is 0 Å². The Morgan fingerprint density at radius 2 is 2.12 bits per heavy atom. The number of halogens is 1. The van der Waals surface area contributed by atoms with Crippen molar-refractivity contribution in [3.63, 3.8) is 0 Å². The Morgan fingerprint density at radius 3 is 2.75 bits per heavy atom. The molecular weight excluding hydrogens is 313 g/mol. The fourth-order valence-electron chi connectivity index (χ4n) is 2.98. The number of carbonyl (C=O) groups excluding carboxylic acids is 1. The second-order valence-corrected chi connectivity index (χ2v) is 6.37. The molecule has 1 aromatic heterocycles. The molecule has 24 heavy (non-hydrogen) atoms. The van der Waals surface area contributed by atoms with Gasteiger partial charge in [-0.3, -0.25) is 9.89 Å². The normalized spacial score (nSPS) is 17.0. The molecule has 1 aliphatic rings. The molecule has 0 fully saturated rings. The fraction of sp³-hybridized carbons (Fsp3) is 0.353. The summed E-state index contributed by atoms with van der Waals surface area (Å²) in [6.07, 6.45) is 0.704. The van der Waals surface area contributed by atoms with Crippen molar-refractivity contribution in [1.29, 1.82) is 0 Å². The number of nitrogens with zero attached hydrogens (tertiary/aromatic N) is 2. The van der Waals surface area contributed by atoms with Crippen molar-refractivity contribution in [2.75, 3.05) is 11.4 Å². The predicted octanol–water partition coefficient (Wildman–Crippen LogP) is 2.72. The monoisotopic (exact) mass is 331 g/mol. The van der Waals surface area contributed by atoms with Crippen molar-refractivity contribution in [1.82, 2.24) is 10.2 Å². The number of amides is 1. The van der Waals surface area contributed by atoms with Gasteiger partial charge in [-0.1, -0.05) is 13.8 Å². The summed E-state index contributed by atoms with van der Waals surface area (Å²) in [6, 6.07) is 5.58. The molecule has 0 radical (unpaired) electrons. The van der Waals surface area contributed by atoms with Gasteiger partial charge in [0, 0.05) is 18.3 Å². The number of aromatic nitrogens is 2. The molecule has 1 aliphatic heterocycles. The van der Waals surface area contributed by atoms with Crippen LogP contribution in [-0.4, -0.2) is 33.7 Å². The first-order valence-electron chi connectivity index (χ1n) is 7.75. The van der Waals surface area contributed by atoms with E-state index in [1.807, 2.05) is 0 Å². The zero-order valence-electron chi connectivity index (χ0n) is 13.4. The molecule has 3 rings (SSSR count). The summed E-state index contributed by atoms with van der Waals surface area (Å²) >= 11 is 0. The molecule has 2 aromatic rings. The van der Waals surface area contributed by atoms with Crippen LogP contribution in [0.15, 0.2) is 24.3 Å². The molecule has 126 valence electrons. The lowest BCUT2D eigenvalue weighted by molar-refractivity contribution is 0.0690. The van der Waals surface area contributed by atoms with E-state index in [1.165, 1.54) is 18.2 Å². The van der Waals surface area contributed by atoms with Crippen LogP contribution in [0, 0.1) is 17.7 Å². The molecule has 0 aliphatic carbocycles. The fourth-order valence-corrected chi connectivity index (χ4v) is 2.98. The number of H-pyrrole nitrogens is 1. The van der Waals surface area contributed by atoms with Gasteiger partial charge in [0.2, 0.25) is 0 Å². The Labute approximate surface area is 138 Å². The lowest BCUT2D eigenvalue weighted by atomic mass is 9.84. The van der Waals surface area contributed by atoms with Gasteiger partial charge in [-0.2, -0.15) is 5.10 Å². The highest BCUT2D eigenvalue weighted by Gasteiger charge is 2.32. The molecular formula is C17H18FN3O3. The van der Waals surface area contributed by atoms with Gasteiger partial charge in [-0.05, 0) is 42.0 Å². The number of carboxylic acid groups (broad SMARTS) is 1. The number of carbonyl (C=O) groups is 2. The van der Waals surface area contributed by atoms with E-state index in [4.69, 9.17) is 5.11 Å². The Bertz CT molecular complexity index is 800. The van der Waals surface area contributed by atoms with Crippen LogP contribution in [0.4, 0.5) is 10.1 Å². The van der Waals surface area contributed by atoms with Crippen LogP contribution >= 0.6 is 0 Å². The first-order chi connectivity index (χ1) is 11.4.